The molecule has 10 nitrogen and oxygen atoms in total. The third kappa shape index (κ3) is 4.79. The highest BCUT2D eigenvalue weighted by atomic mass is 35.5. The first-order valence-corrected chi connectivity index (χ1v) is 12.1. The van der Waals surface area contributed by atoms with Crippen LogP contribution in [-0.4, -0.2) is 41.7 Å². The number of H-pyrrole nitrogens is 1. The minimum absolute atomic E-state index is 0.00770. The van der Waals surface area contributed by atoms with Crippen molar-refractivity contribution in [3.63, 3.8) is 0 Å². The van der Waals surface area contributed by atoms with Gasteiger partial charge in [-0.25, -0.2) is 13.4 Å². The molecule has 0 saturated carbocycles. The number of anilines is 1. The van der Waals surface area contributed by atoms with Crippen molar-refractivity contribution in [2.24, 2.45) is 5.73 Å². The summed E-state index contributed by atoms with van der Waals surface area (Å²) in [5.74, 6) is 0.771. The zero-order valence-electron chi connectivity index (χ0n) is 18.0. The molecule has 0 spiro atoms. The molecule has 4 rings (SSSR count). The average Bonchev–Trinajstić information content (AvgIpc) is 3.20. The second-order valence-electron chi connectivity index (χ2n) is 7.33. The molecule has 4 N–H and O–H groups in total. The molecule has 0 amide bonds. The smallest absolute Gasteiger partial charge is 0.263 e. The summed E-state index contributed by atoms with van der Waals surface area (Å²) in [7, 11) is -4.03. The van der Waals surface area contributed by atoms with Gasteiger partial charge in [0, 0.05) is 22.0 Å². The molecule has 174 valence electrons. The lowest BCUT2D eigenvalue weighted by molar-refractivity contribution is 0.305. The third-order valence-electron chi connectivity index (χ3n) is 4.90. The number of nitrogens with two attached hydrogens (primary N) is 1. The SMILES string of the molecule is Cc1[nH]nc2nc(-c3ccc(NS(=O)(=O)c4cc(Cl)ccc4C#N)cc3)nc(OCCCN)c12. The van der Waals surface area contributed by atoms with Gasteiger partial charge in [-0.05, 0) is 62.4 Å². The number of nitriles is 1. The lowest BCUT2D eigenvalue weighted by Crippen LogP contribution is -2.14. The van der Waals surface area contributed by atoms with E-state index >= 15 is 0 Å². The molecule has 2 heterocycles. The highest BCUT2D eigenvalue weighted by Crippen LogP contribution is 2.29. The first kappa shape index (κ1) is 23.4. The van der Waals surface area contributed by atoms with E-state index in [2.05, 4.69) is 24.9 Å². The summed E-state index contributed by atoms with van der Waals surface area (Å²) >= 11 is 5.93. The maximum atomic E-state index is 12.8. The summed E-state index contributed by atoms with van der Waals surface area (Å²) in [4.78, 5) is 8.83. The maximum Gasteiger partial charge on any atom is 0.263 e. The van der Waals surface area contributed by atoms with E-state index in [1.807, 2.05) is 13.0 Å². The van der Waals surface area contributed by atoms with Crippen molar-refractivity contribution in [1.29, 1.82) is 5.26 Å². The Hall–Kier alpha value is -3.72. The van der Waals surface area contributed by atoms with Gasteiger partial charge in [0.1, 0.15) is 16.4 Å². The second kappa shape index (κ2) is 9.64. The molecule has 34 heavy (non-hydrogen) atoms. The van der Waals surface area contributed by atoms with E-state index in [4.69, 9.17) is 22.1 Å². The van der Waals surface area contributed by atoms with Gasteiger partial charge in [-0.2, -0.15) is 15.3 Å². The van der Waals surface area contributed by atoms with Gasteiger partial charge in [0.25, 0.3) is 10.0 Å². The van der Waals surface area contributed by atoms with Crippen molar-refractivity contribution in [3.05, 3.63) is 58.7 Å². The van der Waals surface area contributed by atoms with Crippen LogP contribution in [0.1, 0.15) is 17.7 Å². The number of aryl methyl sites for hydroxylation is 1. The van der Waals surface area contributed by atoms with Gasteiger partial charge in [-0.1, -0.05) is 11.6 Å². The molecule has 0 bridgehead atoms. The molecule has 0 saturated heterocycles. The van der Waals surface area contributed by atoms with E-state index < -0.39 is 10.0 Å². The molecule has 0 unspecified atom stereocenters. The Kier molecular flexibility index (Phi) is 6.65. The lowest BCUT2D eigenvalue weighted by Gasteiger charge is -2.11. The van der Waals surface area contributed by atoms with Crippen LogP contribution < -0.4 is 15.2 Å². The Morgan fingerprint density at radius 3 is 2.68 bits per heavy atom. The van der Waals surface area contributed by atoms with Gasteiger partial charge in [-0.3, -0.25) is 9.82 Å². The predicted molar refractivity (Wildman–Crippen MR) is 128 cm³/mol. The molecule has 2 aromatic carbocycles. The van der Waals surface area contributed by atoms with Crippen LogP contribution in [0.5, 0.6) is 5.88 Å². The van der Waals surface area contributed by atoms with Gasteiger partial charge in [0.05, 0.1) is 12.2 Å². The van der Waals surface area contributed by atoms with Gasteiger partial charge in [-0.15, -0.1) is 0 Å². The summed E-state index contributed by atoms with van der Waals surface area (Å²) in [6.07, 6.45) is 0.673. The summed E-state index contributed by atoms with van der Waals surface area (Å²) in [5.41, 5.74) is 7.72. The van der Waals surface area contributed by atoms with Crippen LogP contribution in [0.25, 0.3) is 22.4 Å². The van der Waals surface area contributed by atoms with Gasteiger partial charge in [0.2, 0.25) is 5.88 Å². The first-order valence-electron chi connectivity index (χ1n) is 10.2. The topological polar surface area (TPSA) is 160 Å². The average molecular weight is 498 g/mol. The molecule has 0 atom stereocenters. The minimum atomic E-state index is -4.03. The largest absolute Gasteiger partial charge is 0.477 e. The molecule has 12 heteroatoms. The number of aromatic amines is 1. The van der Waals surface area contributed by atoms with Crippen LogP contribution in [0.4, 0.5) is 5.69 Å². The van der Waals surface area contributed by atoms with Gasteiger partial charge >= 0.3 is 0 Å². The second-order valence-corrected chi connectivity index (χ2v) is 9.41. The Balaban J connectivity index is 1.63. The Morgan fingerprint density at radius 1 is 1.21 bits per heavy atom. The minimum Gasteiger partial charge on any atom is -0.477 e. The van der Waals surface area contributed by atoms with E-state index in [1.54, 1.807) is 24.3 Å². The van der Waals surface area contributed by atoms with Crippen molar-refractivity contribution in [3.8, 4) is 23.3 Å². The van der Waals surface area contributed by atoms with Crippen LogP contribution in [0.3, 0.4) is 0 Å². The molecule has 4 aromatic rings. The fraction of sp³-hybridized carbons (Fsp3) is 0.182. The highest BCUT2D eigenvalue weighted by molar-refractivity contribution is 7.92. The fourth-order valence-electron chi connectivity index (χ4n) is 3.22. The Bertz CT molecular complexity index is 1500. The zero-order chi connectivity index (χ0) is 24.3. The quantitative estimate of drug-likeness (QED) is 0.312. The van der Waals surface area contributed by atoms with Crippen molar-refractivity contribution < 1.29 is 13.2 Å². The summed E-state index contributed by atoms with van der Waals surface area (Å²) in [5, 5.41) is 17.2. The molecule has 0 aliphatic heterocycles. The van der Waals surface area contributed by atoms with Gasteiger partial charge < -0.3 is 10.5 Å². The van der Waals surface area contributed by atoms with E-state index in [-0.39, 0.29) is 15.5 Å². The number of nitrogens with one attached hydrogen (secondary N) is 2. The van der Waals surface area contributed by atoms with E-state index in [0.717, 1.165) is 5.69 Å². The number of benzene rings is 2. The standard InChI is InChI=1S/C22H20ClN7O3S/c1-13-19-21(29-28-13)26-20(27-22(19)33-10-2-9-24)14-4-7-17(8-5-14)30-34(31,32)18-11-16(23)6-3-15(18)12-25/h3-8,11,30H,2,9-10,24H2,1H3,(H,26,27,28,29). The van der Waals surface area contributed by atoms with Crippen LogP contribution in [0.2, 0.25) is 5.02 Å². The summed E-state index contributed by atoms with van der Waals surface area (Å²) < 4.78 is 33.9. The maximum absolute atomic E-state index is 12.8. The van der Waals surface area contributed by atoms with Crippen LogP contribution in [-0.2, 0) is 10.0 Å². The molecule has 0 radical (unpaired) electrons. The van der Waals surface area contributed by atoms with E-state index in [9.17, 15) is 13.7 Å². The van der Waals surface area contributed by atoms with Crippen LogP contribution in [0.15, 0.2) is 47.4 Å². The number of hydrogen-bond acceptors (Lipinski definition) is 8. The highest BCUT2D eigenvalue weighted by Gasteiger charge is 2.20. The number of rotatable bonds is 8. The summed E-state index contributed by atoms with van der Waals surface area (Å²) in [6, 6.07) is 12.4. The lowest BCUT2D eigenvalue weighted by atomic mass is 10.2. The monoisotopic (exact) mass is 497 g/mol. The molecule has 0 aliphatic carbocycles. The number of hydrogen-bond donors (Lipinski definition) is 3. The van der Waals surface area contributed by atoms with Gasteiger partial charge in [0.15, 0.2) is 11.5 Å². The number of nitrogens with zero attached hydrogens (tertiary/aromatic N) is 4. The van der Waals surface area contributed by atoms with E-state index in [1.165, 1.54) is 18.2 Å². The number of aromatic nitrogens is 4. The van der Waals surface area contributed by atoms with Crippen LogP contribution >= 0.6 is 11.6 Å². The molecule has 0 aliphatic rings. The number of sulfonamides is 1. The molecule has 2 aromatic heterocycles. The third-order valence-corrected chi connectivity index (χ3v) is 6.55. The van der Waals surface area contributed by atoms with Crippen molar-refractivity contribution >= 4 is 38.3 Å². The summed E-state index contributed by atoms with van der Waals surface area (Å²) in [6.45, 7) is 2.75. The molecule has 0 fully saturated rings. The fourth-order valence-corrected chi connectivity index (χ4v) is 4.70. The number of ether oxygens (including phenoxy) is 1. The van der Waals surface area contributed by atoms with E-state index in [0.29, 0.717) is 53.6 Å². The number of fused-ring (bicyclic) bond motifs is 1. The van der Waals surface area contributed by atoms with Crippen molar-refractivity contribution in [1.82, 2.24) is 20.2 Å². The Morgan fingerprint density at radius 2 is 1.97 bits per heavy atom. The normalized spacial score (nSPS) is 11.4. The molecular weight excluding hydrogens is 478 g/mol. The van der Waals surface area contributed by atoms with Crippen molar-refractivity contribution in [2.75, 3.05) is 17.9 Å². The number of halogens is 1. The van der Waals surface area contributed by atoms with Crippen LogP contribution in [0, 0.1) is 18.3 Å². The zero-order valence-corrected chi connectivity index (χ0v) is 19.6. The first-order chi connectivity index (χ1) is 16.3. The Labute approximate surface area is 200 Å². The predicted octanol–water partition coefficient (Wildman–Crippen LogP) is 3.38. The van der Waals surface area contributed by atoms with Crippen molar-refractivity contribution in [2.45, 2.75) is 18.2 Å². The molecular formula is C22H20ClN7O3S.